The molecule has 1 aliphatic rings. The summed E-state index contributed by atoms with van der Waals surface area (Å²) in [4.78, 5) is 17.7. The molecule has 33 heavy (non-hydrogen) atoms. The first-order valence-electron chi connectivity index (χ1n) is 10.5. The van der Waals surface area contributed by atoms with Gasteiger partial charge in [0.1, 0.15) is 10.6 Å². The Kier molecular flexibility index (Phi) is 7.38. The Morgan fingerprint density at radius 1 is 1.27 bits per heavy atom. The van der Waals surface area contributed by atoms with Gasteiger partial charge in [-0.1, -0.05) is 11.2 Å². The lowest BCUT2D eigenvalue weighted by Gasteiger charge is -2.27. The number of ether oxygens (including phenoxy) is 2. The quantitative estimate of drug-likeness (QED) is 0.484. The number of anilines is 1. The first kappa shape index (κ1) is 23.4. The first-order chi connectivity index (χ1) is 16.0. The third-order valence-electron chi connectivity index (χ3n) is 4.89. The van der Waals surface area contributed by atoms with Crippen molar-refractivity contribution in [3.63, 3.8) is 0 Å². The summed E-state index contributed by atoms with van der Waals surface area (Å²) in [7, 11) is -3.80. The Bertz CT molecular complexity index is 1190. The lowest BCUT2D eigenvalue weighted by Crippen LogP contribution is -2.40. The predicted octanol–water partition coefficient (Wildman–Crippen LogP) is 2.79. The smallest absolute Gasteiger partial charge is 0.246 e. The molecule has 0 aliphatic carbocycles. The molecule has 2 aromatic heterocycles. The molecule has 176 valence electrons. The number of hydrogen-bond acceptors (Lipinski definition) is 9. The second kappa shape index (κ2) is 10.4. The van der Waals surface area contributed by atoms with E-state index in [1.807, 2.05) is 17.5 Å². The topological polar surface area (TPSA) is 124 Å². The molecule has 0 bridgehead atoms. The number of sulfonamides is 1. The third kappa shape index (κ3) is 5.58. The molecular formula is C21H24N4O6S2. The molecule has 1 saturated heterocycles. The second-order valence-corrected chi connectivity index (χ2v) is 10.0. The van der Waals surface area contributed by atoms with Gasteiger partial charge in [-0.3, -0.25) is 4.79 Å². The molecular weight excluding hydrogens is 468 g/mol. The van der Waals surface area contributed by atoms with E-state index in [0.29, 0.717) is 37.2 Å². The zero-order chi connectivity index (χ0) is 23.3. The van der Waals surface area contributed by atoms with Crippen LogP contribution in [0.1, 0.15) is 19.2 Å². The number of aryl methyl sites for hydroxylation is 1. The van der Waals surface area contributed by atoms with E-state index in [2.05, 4.69) is 15.5 Å². The minimum absolute atomic E-state index is 0.0153. The van der Waals surface area contributed by atoms with Gasteiger partial charge in [-0.25, -0.2) is 8.42 Å². The van der Waals surface area contributed by atoms with Crippen molar-refractivity contribution in [1.29, 1.82) is 0 Å². The number of amides is 1. The Morgan fingerprint density at radius 3 is 2.82 bits per heavy atom. The number of rotatable bonds is 9. The van der Waals surface area contributed by atoms with Crippen LogP contribution in [0.4, 0.5) is 5.69 Å². The van der Waals surface area contributed by atoms with Crippen molar-refractivity contribution in [2.75, 3.05) is 38.2 Å². The summed E-state index contributed by atoms with van der Waals surface area (Å²) in [5, 5.41) is 8.59. The zero-order valence-electron chi connectivity index (χ0n) is 18.0. The maximum Gasteiger partial charge on any atom is 0.246 e. The molecule has 0 radical (unpaired) electrons. The summed E-state index contributed by atoms with van der Waals surface area (Å²) in [5.41, 5.74) is 0.361. The van der Waals surface area contributed by atoms with E-state index in [1.165, 1.54) is 21.7 Å². The molecule has 0 unspecified atom stereocenters. The van der Waals surface area contributed by atoms with Crippen molar-refractivity contribution in [2.45, 2.75) is 24.7 Å². The number of thiophene rings is 1. The van der Waals surface area contributed by atoms with Crippen LogP contribution in [0.15, 0.2) is 45.1 Å². The van der Waals surface area contributed by atoms with Crippen LogP contribution in [0.25, 0.3) is 10.7 Å². The maximum atomic E-state index is 13.2. The fourth-order valence-corrected chi connectivity index (χ4v) is 5.51. The minimum atomic E-state index is -3.80. The van der Waals surface area contributed by atoms with Crippen LogP contribution in [0.2, 0.25) is 0 Å². The van der Waals surface area contributed by atoms with Crippen molar-refractivity contribution in [1.82, 2.24) is 14.4 Å². The summed E-state index contributed by atoms with van der Waals surface area (Å²) in [6, 6.07) is 8.38. The second-order valence-electron chi connectivity index (χ2n) is 7.15. The van der Waals surface area contributed by atoms with E-state index < -0.39 is 10.0 Å². The number of nitrogens with one attached hydrogen (secondary N) is 1. The molecule has 10 nitrogen and oxygen atoms in total. The van der Waals surface area contributed by atoms with Crippen LogP contribution >= 0.6 is 11.3 Å². The van der Waals surface area contributed by atoms with Gasteiger partial charge in [0, 0.05) is 31.6 Å². The molecule has 12 heteroatoms. The van der Waals surface area contributed by atoms with Gasteiger partial charge in [-0.05, 0) is 36.6 Å². The van der Waals surface area contributed by atoms with E-state index in [-0.39, 0.29) is 42.5 Å². The molecule has 4 rings (SSSR count). The van der Waals surface area contributed by atoms with Gasteiger partial charge in [-0.15, -0.1) is 11.3 Å². The fraction of sp³-hybridized carbons (Fsp3) is 0.381. The Morgan fingerprint density at radius 2 is 2.09 bits per heavy atom. The molecule has 0 atom stereocenters. The molecule has 3 heterocycles. The normalized spacial score (nSPS) is 14.8. The monoisotopic (exact) mass is 492 g/mol. The van der Waals surface area contributed by atoms with Gasteiger partial charge in [0.25, 0.3) is 0 Å². The summed E-state index contributed by atoms with van der Waals surface area (Å²) in [6.07, 6.45) is 0.366. The Balaban J connectivity index is 1.44. The molecule has 1 aromatic carbocycles. The fourth-order valence-electron chi connectivity index (χ4n) is 3.29. The van der Waals surface area contributed by atoms with E-state index in [9.17, 15) is 13.2 Å². The molecule has 0 saturated carbocycles. The lowest BCUT2D eigenvalue weighted by atomic mass is 10.2. The van der Waals surface area contributed by atoms with E-state index in [4.69, 9.17) is 14.0 Å². The number of hydrogen-bond donors (Lipinski definition) is 1. The summed E-state index contributed by atoms with van der Waals surface area (Å²) in [5.74, 6) is 0.791. The van der Waals surface area contributed by atoms with Gasteiger partial charge in [0.15, 0.2) is 0 Å². The van der Waals surface area contributed by atoms with Crippen LogP contribution in [0.3, 0.4) is 0 Å². The number of carbonyl (C=O) groups is 1. The number of nitrogens with zero attached hydrogens (tertiary/aromatic N) is 3. The van der Waals surface area contributed by atoms with Gasteiger partial charge in [-0.2, -0.15) is 9.29 Å². The number of benzene rings is 1. The highest BCUT2D eigenvalue weighted by atomic mass is 32.2. The highest BCUT2D eigenvalue weighted by Gasteiger charge is 2.29. The average molecular weight is 493 g/mol. The van der Waals surface area contributed by atoms with Crippen LogP contribution in [0, 0.1) is 0 Å². The summed E-state index contributed by atoms with van der Waals surface area (Å²) in [6.45, 7) is 3.30. The number of carbonyl (C=O) groups excluding carboxylic acids is 1. The van der Waals surface area contributed by atoms with Gasteiger partial charge in [0.05, 0.1) is 24.7 Å². The molecule has 1 N–H and O–H groups in total. The molecule has 3 aromatic rings. The van der Waals surface area contributed by atoms with Crippen molar-refractivity contribution in [3.8, 4) is 16.5 Å². The van der Waals surface area contributed by atoms with E-state index in [0.717, 1.165) is 4.88 Å². The summed E-state index contributed by atoms with van der Waals surface area (Å²) >= 11 is 1.50. The molecule has 1 aliphatic heterocycles. The number of morpholine rings is 1. The highest BCUT2D eigenvalue weighted by Crippen LogP contribution is 2.30. The van der Waals surface area contributed by atoms with Crippen LogP contribution in [-0.2, 0) is 26.0 Å². The predicted molar refractivity (Wildman–Crippen MR) is 122 cm³/mol. The molecule has 0 spiro atoms. The van der Waals surface area contributed by atoms with Gasteiger partial charge < -0.3 is 19.3 Å². The minimum Gasteiger partial charge on any atom is -0.492 e. The standard InChI is InChI=1S/C21H24N4O6S2/c1-2-30-16-6-5-15(14-18(16)33(27,28)25-9-11-29-12-10-25)22-19(26)7-8-20-23-21(24-31-20)17-4-3-13-32-17/h3-6,13-14H,2,7-12H2,1H3,(H,22,26). The summed E-state index contributed by atoms with van der Waals surface area (Å²) < 4.78 is 43.7. The number of aromatic nitrogens is 2. The Hall–Kier alpha value is -2.80. The SMILES string of the molecule is CCOc1ccc(NC(=O)CCc2nc(-c3cccs3)no2)cc1S(=O)(=O)N1CCOCC1. The molecule has 1 amide bonds. The largest absolute Gasteiger partial charge is 0.492 e. The van der Waals surface area contributed by atoms with Crippen LogP contribution in [-0.4, -0.2) is 61.7 Å². The molecule has 1 fully saturated rings. The first-order valence-corrected chi connectivity index (χ1v) is 12.8. The van der Waals surface area contributed by atoms with Crippen LogP contribution < -0.4 is 10.1 Å². The highest BCUT2D eigenvalue weighted by molar-refractivity contribution is 7.89. The van der Waals surface area contributed by atoms with Crippen molar-refractivity contribution >= 4 is 33.0 Å². The van der Waals surface area contributed by atoms with Gasteiger partial charge in [0.2, 0.25) is 27.6 Å². The lowest BCUT2D eigenvalue weighted by molar-refractivity contribution is -0.116. The Labute approximate surface area is 195 Å². The zero-order valence-corrected chi connectivity index (χ0v) is 19.7. The van der Waals surface area contributed by atoms with Crippen molar-refractivity contribution in [3.05, 3.63) is 41.6 Å². The van der Waals surface area contributed by atoms with Crippen molar-refractivity contribution < 1.29 is 27.2 Å². The van der Waals surface area contributed by atoms with Crippen LogP contribution in [0.5, 0.6) is 5.75 Å². The van der Waals surface area contributed by atoms with Crippen molar-refractivity contribution in [2.24, 2.45) is 0 Å². The average Bonchev–Trinajstić information content (AvgIpc) is 3.51. The van der Waals surface area contributed by atoms with Gasteiger partial charge >= 0.3 is 0 Å². The van der Waals surface area contributed by atoms with E-state index >= 15 is 0 Å². The maximum absolute atomic E-state index is 13.2. The van der Waals surface area contributed by atoms with E-state index in [1.54, 1.807) is 19.1 Å². The third-order valence-corrected chi connectivity index (χ3v) is 7.68.